The summed E-state index contributed by atoms with van der Waals surface area (Å²) in [5.74, 6) is -0.106. The van der Waals surface area contributed by atoms with E-state index in [2.05, 4.69) is 10.3 Å². The van der Waals surface area contributed by atoms with Crippen molar-refractivity contribution in [2.75, 3.05) is 20.2 Å². The number of H-pyrrole nitrogens is 1. The first-order valence-electron chi connectivity index (χ1n) is 18.2. The molecule has 9 nitrogen and oxygen atoms in total. The van der Waals surface area contributed by atoms with Crippen LogP contribution in [0.5, 0.6) is 17.2 Å². The van der Waals surface area contributed by atoms with E-state index in [9.17, 15) is 19.8 Å². The fourth-order valence-electron chi connectivity index (χ4n) is 7.01. The Morgan fingerprint density at radius 2 is 1.73 bits per heavy atom. The van der Waals surface area contributed by atoms with Gasteiger partial charge in [-0.3, -0.25) is 9.59 Å². The number of benzene rings is 3. The average Bonchev–Trinajstić information content (AvgIpc) is 3.68. The van der Waals surface area contributed by atoms with Crippen LogP contribution in [-0.4, -0.2) is 47.0 Å². The van der Waals surface area contributed by atoms with Crippen LogP contribution in [0.25, 0.3) is 0 Å². The van der Waals surface area contributed by atoms with Crippen LogP contribution in [0, 0.1) is 5.92 Å². The van der Waals surface area contributed by atoms with Crippen molar-refractivity contribution >= 4 is 11.6 Å². The summed E-state index contributed by atoms with van der Waals surface area (Å²) in [6.07, 6.45) is 14.8. The third kappa shape index (κ3) is 10.2. The Morgan fingerprint density at radius 1 is 0.941 bits per heavy atom. The Hall–Kier alpha value is -4.70. The summed E-state index contributed by atoms with van der Waals surface area (Å²) in [6, 6.07) is 18.4. The zero-order valence-electron chi connectivity index (χ0n) is 29.6. The Balaban J connectivity index is 1.23. The molecule has 0 fully saturated rings. The lowest BCUT2D eigenvalue weighted by Gasteiger charge is -2.34. The van der Waals surface area contributed by atoms with Crippen molar-refractivity contribution in [3.63, 3.8) is 0 Å². The van der Waals surface area contributed by atoms with E-state index in [1.807, 2.05) is 49.5 Å². The third-order valence-corrected chi connectivity index (χ3v) is 9.84. The van der Waals surface area contributed by atoms with Gasteiger partial charge in [0.05, 0.1) is 12.8 Å². The molecule has 1 aromatic heterocycles. The molecule has 0 amide bonds. The largest absolute Gasteiger partial charge is 0.508 e. The van der Waals surface area contributed by atoms with Crippen LogP contribution in [0.3, 0.4) is 0 Å². The average molecular weight is 693 g/mol. The predicted octanol–water partition coefficient (Wildman–Crippen LogP) is 6.77. The minimum atomic E-state index is -0.604. The number of aromatic hydroxyl groups is 2. The van der Waals surface area contributed by atoms with E-state index < -0.39 is 6.17 Å². The van der Waals surface area contributed by atoms with E-state index in [-0.39, 0.29) is 41.5 Å². The number of ketones is 2. The van der Waals surface area contributed by atoms with Crippen LogP contribution in [0.4, 0.5) is 0 Å². The Labute approximate surface area is 301 Å². The molecule has 1 aliphatic rings. The van der Waals surface area contributed by atoms with Crippen LogP contribution in [0.2, 0.25) is 0 Å². The van der Waals surface area contributed by atoms with Crippen LogP contribution in [0.15, 0.2) is 85.2 Å². The molecule has 3 aromatic carbocycles. The molecule has 0 bridgehead atoms. The minimum Gasteiger partial charge on any atom is -0.508 e. The number of nitrogens with one attached hydrogen (secondary N) is 2. The van der Waals surface area contributed by atoms with E-state index in [4.69, 9.17) is 16.2 Å². The number of ether oxygens (including phenoxy) is 1. The van der Waals surface area contributed by atoms with Crippen LogP contribution in [0.1, 0.15) is 101 Å². The topological polar surface area (TPSA) is 164 Å². The quantitative estimate of drug-likeness (QED) is 0.0271. The summed E-state index contributed by atoms with van der Waals surface area (Å²) in [7, 11) is 1.97. The fraction of sp³-hybridized carbons (Fsp3) is 0.381. The second kappa shape index (κ2) is 18.5. The van der Waals surface area contributed by atoms with Crippen LogP contribution in [-0.2, 0) is 24.1 Å². The number of nitrogens with two attached hydrogens (primary N) is 2. The van der Waals surface area contributed by atoms with Crippen LogP contribution < -0.4 is 21.5 Å². The maximum absolute atomic E-state index is 13.8. The van der Waals surface area contributed by atoms with Gasteiger partial charge in [0.1, 0.15) is 5.75 Å². The zero-order valence-corrected chi connectivity index (χ0v) is 29.6. The Bertz CT molecular complexity index is 1780. The van der Waals surface area contributed by atoms with Gasteiger partial charge >= 0.3 is 0 Å². The minimum absolute atomic E-state index is 0.0269. The zero-order chi connectivity index (χ0) is 36.2. The molecular weight excluding hydrogens is 640 g/mol. The number of allylic oxidation sites excluding steroid dienone is 2. The number of Topliss-reactive ketones (excluding diaryl/α,β-unsaturated/α-hetero) is 1. The molecule has 9 heteroatoms. The van der Waals surface area contributed by atoms with E-state index in [0.717, 1.165) is 47.2 Å². The van der Waals surface area contributed by atoms with E-state index in [0.29, 0.717) is 49.0 Å². The number of aromatic nitrogens is 1. The number of hydrogen-bond acceptors (Lipinski definition) is 8. The molecule has 0 saturated carbocycles. The van der Waals surface area contributed by atoms with Crippen molar-refractivity contribution in [2.45, 2.75) is 76.3 Å². The molecule has 5 rings (SSSR count). The molecule has 270 valence electrons. The molecule has 0 radical (unpaired) electrons. The van der Waals surface area contributed by atoms with Gasteiger partial charge < -0.3 is 36.7 Å². The molecule has 4 aromatic rings. The van der Waals surface area contributed by atoms with Gasteiger partial charge in [0.25, 0.3) is 0 Å². The van der Waals surface area contributed by atoms with Crippen molar-refractivity contribution in [1.82, 2.24) is 10.3 Å². The molecule has 1 heterocycles. The monoisotopic (exact) mass is 692 g/mol. The van der Waals surface area contributed by atoms with Gasteiger partial charge in [-0.05, 0) is 110 Å². The Kier molecular flexibility index (Phi) is 13.6. The number of aryl methyl sites for hydroxylation is 2. The number of carbonyl (C=O) groups excluding carboxylic acids is 2. The summed E-state index contributed by atoms with van der Waals surface area (Å²) in [5.41, 5.74) is 18.0. The highest BCUT2D eigenvalue weighted by atomic mass is 16.5. The predicted molar refractivity (Wildman–Crippen MR) is 201 cm³/mol. The lowest BCUT2D eigenvalue weighted by Crippen LogP contribution is -2.29. The molecule has 1 aliphatic carbocycles. The highest BCUT2D eigenvalue weighted by molar-refractivity contribution is 5.99. The van der Waals surface area contributed by atoms with Gasteiger partial charge in [0.2, 0.25) is 0 Å². The summed E-state index contributed by atoms with van der Waals surface area (Å²) >= 11 is 0. The number of fused-ring (bicyclic) bond motifs is 1. The SMILES string of the molecule is CNCCCCCC/C=C/C(=O)CCc1ccc(O)c(OCCc2ccc(O)c([C@H]3c4ccc(C(N)N)cc4CC[C@H]3C(=O)c3cc[nH]c3)c2)c1. The van der Waals surface area contributed by atoms with E-state index >= 15 is 0 Å². The second-order valence-corrected chi connectivity index (χ2v) is 13.5. The lowest BCUT2D eigenvalue weighted by molar-refractivity contribution is -0.114. The molecule has 8 N–H and O–H groups in total. The number of hydrogen-bond donors (Lipinski definition) is 6. The second-order valence-electron chi connectivity index (χ2n) is 13.5. The first-order chi connectivity index (χ1) is 24.7. The van der Waals surface area contributed by atoms with Crippen molar-refractivity contribution in [3.05, 3.63) is 124 Å². The van der Waals surface area contributed by atoms with Gasteiger partial charge in [0.15, 0.2) is 23.1 Å². The standard InChI is InChI=1S/C42H52N4O5/c1-45-21-7-5-3-2-4-6-8-33(47)14-9-28-11-18-38(49)39(25-28)51-23-20-29-10-17-37(48)36(24-29)40-34-15-13-31(42(43)44)26-30(34)12-16-35(40)41(50)32-19-22-46-27-32/h6,8,10-11,13,15,17-19,22,24-27,35,40,42,45-46,48-49H,2-5,7,9,12,14,16,20-21,23,43-44H2,1H3/b8-6+/t35-,40+/m1/s1. The number of carbonyl (C=O) groups is 2. The number of phenols is 2. The molecule has 51 heavy (non-hydrogen) atoms. The van der Waals surface area contributed by atoms with Gasteiger partial charge in [-0.1, -0.05) is 55.3 Å². The first-order valence-corrected chi connectivity index (χ1v) is 18.2. The van der Waals surface area contributed by atoms with Crippen molar-refractivity contribution in [2.24, 2.45) is 17.4 Å². The van der Waals surface area contributed by atoms with E-state index in [1.54, 1.807) is 42.7 Å². The van der Waals surface area contributed by atoms with Crippen LogP contribution >= 0.6 is 0 Å². The first kappa shape index (κ1) is 37.6. The number of aromatic amines is 1. The third-order valence-electron chi connectivity index (χ3n) is 9.84. The highest BCUT2D eigenvalue weighted by Gasteiger charge is 2.37. The molecule has 0 aliphatic heterocycles. The molecule has 0 unspecified atom stereocenters. The molecular formula is C42H52N4O5. The van der Waals surface area contributed by atoms with Gasteiger partial charge in [-0.25, -0.2) is 0 Å². The molecule has 2 atom stereocenters. The maximum Gasteiger partial charge on any atom is 0.168 e. The Morgan fingerprint density at radius 3 is 2.49 bits per heavy atom. The van der Waals surface area contributed by atoms with Gasteiger partial charge in [-0.2, -0.15) is 0 Å². The van der Waals surface area contributed by atoms with Crippen molar-refractivity contribution in [3.8, 4) is 17.2 Å². The fourth-order valence-corrected chi connectivity index (χ4v) is 7.01. The van der Waals surface area contributed by atoms with Crippen molar-refractivity contribution < 1.29 is 24.5 Å². The summed E-state index contributed by atoms with van der Waals surface area (Å²) in [5, 5.41) is 24.9. The van der Waals surface area contributed by atoms with Crippen molar-refractivity contribution in [1.29, 1.82) is 0 Å². The molecule has 0 spiro atoms. The number of unbranched alkanes of at least 4 members (excludes halogenated alkanes) is 4. The molecule has 0 saturated heterocycles. The summed E-state index contributed by atoms with van der Waals surface area (Å²) in [4.78, 5) is 29.2. The van der Waals surface area contributed by atoms with Gasteiger partial charge in [0, 0.05) is 48.2 Å². The number of phenolic OH excluding ortho intramolecular Hbond substituents is 2. The maximum atomic E-state index is 13.8. The highest BCUT2D eigenvalue weighted by Crippen LogP contribution is 2.46. The smallest absolute Gasteiger partial charge is 0.168 e. The normalized spacial score (nSPS) is 15.7. The lowest BCUT2D eigenvalue weighted by atomic mass is 9.68. The van der Waals surface area contributed by atoms with E-state index in [1.165, 1.54) is 19.3 Å². The summed E-state index contributed by atoms with van der Waals surface area (Å²) in [6.45, 7) is 1.32. The van der Waals surface area contributed by atoms with Gasteiger partial charge in [-0.15, -0.1) is 0 Å². The summed E-state index contributed by atoms with van der Waals surface area (Å²) < 4.78 is 6.03. The number of rotatable bonds is 19.